The first-order valence-electron chi connectivity index (χ1n) is 6.47. The van der Waals surface area contributed by atoms with Crippen molar-refractivity contribution < 1.29 is 0 Å². The Hall–Kier alpha value is -1.16. The van der Waals surface area contributed by atoms with Crippen LogP contribution in [0.25, 0.3) is 0 Å². The molecule has 0 unspecified atom stereocenters. The molecule has 2 N–H and O–H groups in total. The molecule has 0 fully saturated rings. The number of rotatable bonds is 7. The van der Waals surface area contributed by atoms with E-state index in [1.807, 2.05) is 6.07 Å². The van der Waals surface area contributed by atoms with Crippen LogP contribution < -0.4 is 10.6 Å². The van der Waals surface area contributed by atoms with E-state index in [4.69, 9.17) is 5.73 Å². The van der Waals surface area contributed by atoms with Gasteiger partial charge in [-0.05, 0) is 26.3 Å². The third-order valence-corrected chi connectivity index (χ3v) is 2.79. The second-order valence-electron chi connectivity index (χ2n) is 4.55. The Labute approximate surface area is 104 Å². The van der Waals surface area contributed by atoms with Gasteiger partial charge < -0.3 is 10.6 Å². The van der Waals surface area contributed by atoms with E-state index in [9.17, 15) is 0 Å². The van der Waals surface area contributed by atoms with Crippen molar-refractivity contribution in [2.75, 3.05) is 11.4 Å². The highest BCUT2D eigenvalue weighted by molar-refractivity contribution is 5.31. The Balaban J connectivity index is 2.74. The maximum Gasteiger partial charge on any atom is 0.225 e. The number of nitrogens with zero attached hydrogens (tertiary/aromatic N) is 3. The molecule has 17 heavy (non-hydrogen) atoms. The van der Waals surface area contributed by atoms with Crippen LogP contribution >= 0.6 is 0 Å². The largest absolute Gasteiger partial charge is 0.338 e. The van der Waals surface area contributed by atoms with Crippen molar-refractivity contribution >= 4 is 5.95 Å². The van der Waals surface area contributed by atoms with Gasteiger partial charge >= 0.3 is 0 Å². The van der Waals surface area contributed by atoms with Gasteiger partial charge in [0, 0.05) is 25.3 Å². The molecular weight excluding hydrogens is 212 g/mol. The van der Waals surface area contributed by atoms with Gasteiger partial charge in [-0.2, -0.15) is 0 Å². The normalized spacial score (nSPS) is 10.9. The maximum atomic E-state index is 5.61. The summed E-state index contributed by atoms with van der Waals surface area (Å²) in [6.45, 7) is 8.04. The summed E-state index contributed by atoms with van der Waals surface area (Å²) in [6, 6.07) is 2.29. The molecule has 1 heterocycles. The van der Waals surface area contributed by atoms with Crippen molar-refractivity contribution in [2.24, 2.45) is 5.73 Å². The summed E-state index contributed by atoms with van der Waals surface area (Å²) in [5, 5.41) is 0. The van der Waals surface area contributed by atoms with Crippen molar-refractivity contribution in [3.63, 3.8) is 0 Å². The van der Waals surface area contributed by atoms with Crippen LogP contribution in [0.15, 0.2) is 12.3 Å². The predicted octanol–water partition coefficient (Wildman–Crippen LogP) is 2.34. The predicted molar refractivity (Wildman–Crippen MR) is 71.9 cm³/mol. The Bertz CT molecular complexity index is 325. The van der Waals surface area contributed by atoms with Gasteiger partial charge in [-0.15, -0.1) is 0 Å². The molecule has 1 aromatic rings. The summed E-state index contributed by atoms with van der Waals surface area (Å²) < 4.78 is 0. The Morgan fingerprint density at radius 1 is 1.35 bits per heavy atom. The molecule has 0 radical (unpaired) electrons. The zero-order valence-corrected chi connectivity index (χ0v) is 11.2. The number of hydrogen-bond donors (Lipinski definition) is 1. The maximum absolute atomic E-state index is 5.61. The third kappa shape index (κ3) is 4.30. The molecule has 0 aliphatic heterocycles. The van der Waals surface area contributed by atoms with Gasteiger partial charge in [0.05, 0.1) is 5.69 Å². The van der Waals surface area contributed by atoms with Gasteiger partial charge in [-0.3, -0.25) is 0 Å². The highest BCUT2D eigenvalue weighted by Crippen LogP contribution is 2.13. The second kappa shape index (κ2) is 7.22. The van der Waals surface area contributed by atoms with Crippen LogP contribution in [-0.2, 0) is 6.54 Å². The van der Waals surface area contributed by atoms with Crippen molar-refractivity contribution in [1.29, 1.82) is 0 Å². The summed E-state index contributed by atoms with van der Waals surface area (Å²) in [5.74, 6) is 0.805. The lowest BCUT2D eigenvalue weighted by Crippen LogP contribution is -2.33. The van der Waals surface area contributed by atoms with E-state index in [1.165, 1.54) is 19.3 Å². The minimum Gasteiger partial charge on any atom is -0.338 e. The number of anilines is 1. The third-order valence-electron chi connectivity index (χ3n) is 2.79. The first-order chi connectivity index (χ1) is 8.19. The molecular formula is C13H24N4. The average molecular weight is 236 g/mol. The molecule has 0 atom stereocenters. The molecule has 0 bridgehead atoms. The molecule has 0 aromatic carbocycles. The van der Waals surface area contributed by atoms with Crippen molar-refractivity contribution in [3.8, 4) is 0 Å². The quantitative estimate of drug-likeness (QED) is 0.738. The van der Waals surface area contributed by atoms with Crippen molar-refractivity contribution in [3.05, 3.63) is 18.0 Å². The lowest BCUT2D eigenvalue weighted by Gasteiger charge is -2.26. The van der Waals surface area contributed by atoms with Crippen molar-refractivity contribution in [2.45, 2.75) is 52.6 Å². The molecule has 0 saturated heterocycles. The molecule has 0 amide bonds. The average Bonchev–Trinajstić information content (AvgIpc) is 2.34. The summed E-state index contributed by atoms with van der Waals surface area (Å²) in [5.41, 5.74) is 6.51. The number of hydrogen-bond acceptors (Lipinski definition) is 4. The lowest BCUT2D eigenvalue weighted by atomic mass is 10.2. The minimum atomic E-state index is 0.417. The fourth-order valence-corrected chi connectivity index (χ4v) is 1.76. The summed E-state index contributed by atoms with van der Waals surface area (Å²) >= 11 is 0. The van der Waals surface area contributed by atoms with Crippen LogP contribution in [0.5, 0.6) is 0 Å². The number of aromatic nitrogens is 2. The number of unbranched alkanes of at least 4 members (excludes halogenated alkanes) is 2. The Kier molecular flexibility index (Phi) is 5.91. The van der Waals surface area contributed by atoms with Crippen LogP contribution in [0.3, 0.4) is 0 Å². The van der Waals surface area contributed by atoms with Crippen LogP contribution in [0.4, 0.5) is 5.95 Å². The summed E-state index contributed by atoms with van der Waals surface area (Å²) in [7, 11) is 0. The molecule has 4 heteroatoms. The first kappa shape index (κ1) is 13.9. The van der Waals surface area contributed by atoms with E-state index in [0.29, 0.717) is 12.6 Å². The number of nitrogens with two attached hydrogens (primary N) is 1. The molecule has 0 saturated carbocycles. The molecule has 0 aliphatic carbocycles. The highest BCUT2D eigenvalue weighted by Gasteiger charge is 2.12. The van der Waals surface area contributed by atoms with E-state index in [0.717, 1.165) is 18.2 Å². The second-order valence-corrected chi connectivity index (χ2v) is 4.55. The molecule has 96 valence electrons. The van der Waals surface area contributed by atoms with Gasteiger partial charge in [0.15, 0.2) is 0 Å². The molecule has 4 nitrogen and oxygen atoms in total. The van der Waals surface area contributed by atoms with E-state index in [-0.39, 0.29) is 0 Å². The summed E-state index contributed by atoms with van der Waals surface area (Å²) in [4.78, 5) is 11.1. The molecule has 1 rings (SSSR count). The van der Waals surface area contributed by atoms with Gasteiger partial charge in [-0.1, -0.05) is 19.8 Å². The van der Waals surface area contributed by atoms with Crippen LogP contribution in [0.1, 0.15) is 45.7 Å². The van der Waals surface area contributed by atoms with Gasteiger partial charge in [0.25, 0.3) is 0 Å². The first-order valence-corrected chi connectivity index (χ1v) is 6.47. The monoisotopic (exact) mass is 236 g/mol. The highest BCUT2D eigenvalue weighted by atomic mass is 15.3. The molecule has 0 aliphatic rings. The minimum absolute atomic E-state index is 0.417. The van der Waals surface area contributed by atoms with E-state index < -0.39 is 0 Å². The molecule has 1 aromatic heterocycles. The smallest absolute Gasteiger partial charge is 0.225 e. The standard InChI is InChI=1S/C13H24N4/c1-4-5-6-9-17(11(2)3)13-15-8-7-12(10-14)16-13/h7-8,11H,4-6,9-10,14H2,1-3H3. The fraction of sp³-hybridized carbons (Fsp3) is 0.692. The lowest BCUT2D eigenvalue weighted by molar-refractivity contribution is 0.611. The zero-order valence-electron chi connectivity index (χ0n) is 11.2. The van der Waals surface area contributed by atoms with Gasteiger partial charge in [0.2, 0.25) is 5.95 Å². The van der Waals surface area contributed by atoms with E-state index in [2.05, 4.69) is 35.6 Å². The van der Waals surface area contributed by atoms with Gasteiger partial charge in [0.1, 0.15) is 0 Å². The van der Waals surface area contributed by atoms with E-state index in [1.54, 1.807) is 6.20 Å². The summed E-state index contributed by atoms with van der Waals surface area (Å²) in [6.07, 6.45) is 5.46. The van der Waals surface area contributed by atoms with Crippen molar-refractivity contribution in [1.82, 2.24) is 9.97 Å². The zero-order chi connectivity index (χ0) is 12.7. The fourth-order valence-electron chi connectivity index (χ4n) is 1.76. The van der Waals surface area contributed by atoms with Gasteiger partial charge in [-0.25, -0.2) is 9.97 Å². The van der Waals surface area contributed by atoms with Crippen LogP contribution in [0, 0.1) is 0 Å². The van der Waals surface area contributed by atoms with Crippen LogP contribution in [0.2, 0.25) is 0 Å². The van der Waals surface area contributed by atoms with Crippen LogP contribution in [-0.4, -0.2) is 22.6 Å². The molecule has 0 spiro atoms. The SMILES string of the molecule is CCCCCN(c1nccc(CN)n1)C(C)C. The Morgan fingerprint density at radius 3 is 2.71 bits per heavy atom. The topological polar surface area (TPSA) is 55.0 Å². The van der Waals surface area contributed by atoms with E-state index >= 15 is 0 Å². The Morgan fingerprint density at radius 2 is 2.12 bits per heavy atom.